The number of aliphatic hydroxyl groups excluding tert-OH is 1. The zero-order valence-electron chi connectivity index (χ0n) is 30.6. The van der Waals surface area contributed by atoms with Crippen LogP contribution in [0, 0.1) is 39.4 Å². The topological polar surface area (TPSA) is 96.3 Å². The van der Waals surface area contributed by atoms with E-state index >= 15 is 0 Å². The highest BCUT2D eigenvalue weighted by atomic mass is 16.5. The van der Waals surface area contributed by atoms with E-state index in [4.69, 9.17) is 9.47 Å². The van der Waals surface area contributed by atoms with Crippen molar-refractivity contribution in [1.29, 1.82) is 0 Å². The molecule has 1 unspecified atom stereocenters. The zero-order chi connectivity index (χ0) is 34.8. The van der Waals surface area contributed by atoms with Gasteiger partial charge >= 0.3 is 0 Å². The third-order valence-corrected chi connectivity index (χ3v) is 15.1. The van der Waals surface area contributed by atoms with E-state index in [1.165, 1.54) is 6.42 Å². The maximum Gasteiger partial charge on any atom is 0.227 e. The van der Waals surface area contributed by atoms with Gasteiger partial charge in [-0.25, -0.2) is 0 Å². The minimum Gasteiger partial charge on any atom is -0.493 e. The number of amides is 1. The molecule has 7 heteroatoms. The van der Waals surface area contributed by atoms with Gasteiger partial charge in [0.1, 0.15) is 0 Å². The highest BCUT2D eigenvalue weighted by molar-refractivity contribution is 6.00. The smallest absolute Gasteiger partial charge is 0.227 e. The Hall–Kier alpha value is -2.64. The van der Waals surface area contributed by atoms with Gasteiger partial charge in [0.15, 0.2) is 17.3 Å². The van der Waals surface area contributed by atoms with Crippen molar-refractivity contribution in [3.63, 3.8) is 0 Å². The van der Waals surface area contributed by atoms with Gasteiger partial charge in [-0.05, 0) is 99.2 Å². The number of hydrogen-bond donors (Lipinski definition) is 2. The van der Waals surface area contributed by atoms with Gasteiger partial charge in [-0.15, -0.1) is 0 Å². The Bertz CT molecular complexity index is 1530. The van der Waals surface area contributed by atoms with Crippen LogP contribution in [0.5, 0.6) is 11.5 Å². The number of methoxy groups -OCH3 is 2. The summed E-state index contributed by atoms with van der Waals surface area (Å²) < 4.78 is 10.9. The van der Waals surface area contributed by atoms with E-state index in [0.29, 0.717) is 49.1 Å². The van der Waals surface area contributed by atoms with Crippen molar-refractivity contribution >= 4 is 11.7 Å². The third kappa shape index (κ3) is 5.10. The lowest BCUT2D eigenvalue weighted by atomic mass is 9.32. The SMILES string of the molecule is CCCN(C[C@]1(O)CC[C@H]2[C@]34C=C[C@@]5(C=C3C(=O)C3CCCCC3)CC(O)CC[C@]5(C)[C@H]4CC[C@@]21C)C(=O)Cc1ccc(OC)c(OC)c1. The maximum absolute atomic E-state index is 14.8. The van der Waals surface area contributed by atoms with Gasteiger partial charge in [-0.1, -0.05) is 64.3 Å². The van der Waals surface area contributed by atoms with Crippen molar-refractivity contribution in [2.75, 3.05) is 27.3 Å². The molecule has 268 valence electrons. The summed E-state index contributed by atoms with van der Waals surface area (Å²) >= 11 is 0. The van der Waals surface area contributed by atoms with Crippen molar-refractivity contribution in [2.24, 2.45) is 39.4 Å². The fourth-order valence-electron chi connectivity index (χ4n) is 12.4. The van der Waals surface area contributed by atoms with Crippen molar-refractivity contribution < 1.29 is 29.3 Å². The average molecular weight is 674 g/mol. The molecule has 0 radical (unpaired) electrons. The average Bonchev–Trinajstić information content (AvgIpc) is 3.37. The lowest BCUT2D eigenvalue weighted by molar-refractivity contribution is -0.181. The number of Topliss-reactive ketones (excluding diaryl/α,β-unsaturated/α-hetero) is 1. The Morgan fingerprint density at radius 3 is 2.31 bits per heavy atom. The van der Waals surface area contributed by atoms with Gasteiger partial charge in [0, 0.05) is 40.8 Å². The summed E-state index contributed by atoms with van der Waals surface area (Å²) in [5.74, 6) is 2.04. The van der Waals surface area contributed by atoms with Crippen molar-refractivity contribution in [3.8, 4) is 11.5 Å². The lowest BCUT2D eigenvalue weighted by Gasteiger charge is -2.71. The molecule has 7 aliphatic carbocycles. The Labute approximate surface area is 293 Å². The van der Waals surface area contributed by atoms with Crippen LogP contribution in [0.1, 0.15) is 110 Å². The van der Waals surface area contributed by atoms with Gasteiger partial charge in [-0.2, -0.15) is 0 Å². The summed E-state index contributed by atoms with van der Waals surface area (Å²) in [6.07, 6.45) is 18.9. The second-order valence-electron chi connectivity index (χ2n) is 17.2. The monoisotopic (exact) mass is 673 g/mol. The molecule has 0 heterocycles. The largest absolute Gasteiger partial charge is 0.493 e. The molecule has 8 rings (SSSR count). The lowest BCUT2D eigenvalue weighted by Crippen LogP contribution is -2.67. The van der Waals surface area contributed by atoms with Gasteiger partial charge in [0.2, 0.25) is 5.91 Å². The van der Waals surface area contributed by atoms with Crippen molar-refractivity contribution in [3.05, 3.63) is 47.6 Å². The van der Waals surface area contributed by atoms with E-state index in [1.54, 1.807) is 14.2 Å². The summed E-state index contributed by atoms with van der Waals surface area (Å²) in [4.78, 5) is 30.7. The minimum atomic E-state index is -1.07. The van der Waals surface area contributed by atoms with Crippen LogP contribution in [0.15, 0.2) is 42.0 Å². The number of carbonyl (C=O) groups excluding carboxylic acids is 2. The summed E-state index contributed by atoms with van der Waals surface area (Å²) in [7, 11) is 3.20. The molecule has 7 nitrogen and oxygen atoms in total. The van der Waals surface area contributed by atoms with Crippen LogP contribution in [0.3, 0.4) is 0 Å². The first kappa shape index (κ1) is 34.8. The van der Waals surface area contributed by atoms with Gasteiger partial charge in [0.05, 0.1) is 32.3 Å². The molecule has 4 saturated carbocycles. The number of hydrogen-bond acceptors (Lipinski definition) is 6. The fraction of sp³-hybridized carbons (Fsp3) is 0.714. The van der Waals surface area contributed by atoms with Crippen LogP contribution in [0.2, 0.25) is 0 Å². The second-order valence-corrected chi connectivity index (χ2v) is 17.2. The second kappa shape index (κ2) is 12.5. The minimum absolute atomic E-state index is 0.00254. The first-order chi connectivity index (χ1) is 23.4. The van der Waals surface area contributed by atoms with Crippen LogP contribution in [-0.2, 0) is 16.0 Å². The van der Waals surface area contributed by atoms with Crippen molar-refractivity contribution in [2.45, 2.75) is 122 Å². The molecule has 8 atom stereocenters. The number of aliphatic hydroxyl groups is 2. The molecule has 49 heavy (non-hydrogen) atoms. The van der Waals surface area contributed by atoms with Crippen LogP contribution in [0.25, 0.3) is 0 Å². The molecular formula is C42H59NO6. The Morgan fingerprint density at radius 2 is 1.59 bits per heavy atom. The number of rotatable bonds is 10. The molecule has 0 aromatic heterocycles. The highest BCUT2D eigenvalue weighted by Crippen LogP contribution is 2.78. The normalized spacial score (nSPS) is 39.4. The van der Waals surface area contributed by atoms with Crippen LogP contribution >= 0.6 is 0 Å². The predicted octanol–water partition coefficient (Wildman–Crippen LogP) is 7.23. The number of fused-ring (bicyclic) bond motifs is 1. The summed E-state index contributed by atoms with van der Waals surface area (Å²) in [5.41, 5.74) is -0.431. The van der Waals surface area contributed by atoms with E-state index < -0.39 is 16.4 Å². The molecule has 2 spiro atoms. The molecule has 2 N–H and O–H groups in total. The zero-order valence-corrected chi connectivity index (χ0v) is 30.6. The molecule has 1 aromatic rings. The van der Waals surface area contributed by atoms with Crippen LogP contribution in [-0.4, -0.2) is 65.8 Å². The van der Waals surface area contributed by atoms with E-state index in [0.717, 1.165) is 75.3 Å². The number of ether oxygens (including phenoxy) is 2. The number of allylic oxidation sites excluding steroid dienone is 4. The van der Waals surface area contributed by atoms with Crippen molar-refractivity contribution in [1.82, 2.24) is 4.90 Å². The maximum atomic E-state index is 14.8. The first-order valence-corrected chi connectivity index (χ1v) is 19.3. The predicted molar refractivity (Wildman–Crippen MR) is 190 cm³/mol. The Kier molecular flexibility index (Phi) is 8.91. The fourth-order valence-corrected chi connectivity index (χ4v) is 12.4. The van der Waals surface area contributed by atoms with Gasteiger partial charge < -0.3 is 24.6 Å². The summed E-state index contributed by atoms with van der Waals surface area (Å²) in [5, 5.41) is 23.9. The molecular weight excluding hydrogens is 614 g/mol. The van der Waals surface area contributed by atoms with Crippen LogP contribution in [0.4, 0.5) is 0 Å². The van der Waals surface area contributed by atoms with Gasteiger partial charge in [0.25, 0.3) is 0 Å². The van der Waals surface area contributed by atoms with E-state index in [2.05, 4.69) is 39.0 Å². The summed E-state index contributed by atoms with van der Waals surface area (Å²) in [6.45, 7) is 7.68. The summed E-state index contributed by atoms with van der Waals surface area (Å²) in [6, 6.07) is 5.61. The highest BCUT2D eigenvalue weighted by Gasteiger charge is 2.74. The molecule has 2 bridgehead atoms. The third-order valence-electron chi connectivity index (χ3n) is 15.1. The number of nitrogens with zero attached hydrogens (tertiary/aromatic N) is 1. The first-order valence-electron chi connectivity index (χ1n) is 19.3. The Balaban J connectivity index is 1.23. The number of carbonyl (C=O) groups is 2. The molecule has 0 aliphatic heterocycles. The molecule has 0 saturated heterocycles. The standard InChI is InChI=1S/C42H59NO6/c1-6-22-43(36(45)24-28-12-13-32(48-4)33(23-28)49-5)27-41(47)19-16-35-39(41,3)18-15-34-38(2)17-14-30(44)25-40(38)20-21-42(34,35)31(26-40)37(46)29-10-8-7-9-11-29/h12-13,20-21,23,26,29-30,34-35,44,47H,6-11,14-19,22,24-25,27H2,1-5H3/t30?,34-,35-,38-,39+,40+,41-,42-/m1/s1. The quantitative estimate of drug-likeness (QED) is 0.255. The molecule has 1 amide bonds. The van der Waals surface area contributed by atoms with E-state index in [-0.39, 0.29) is 41.1 Å². The Morgan fingerprint density at radius 1 is 0.898 bits per heavy atom. The van der Waals surface area contributed by atoms with Gasteiger partial charge in [-0.3, -0.25) is 9.59 Å². The molecule has 7 aliphatic rings. The van der Waals surface area contributed by atoms with E-state index in [9.17, 15) is 19.8 Å². The number of benzene rings is 1. The van der Waals surface area contributed by atoms with E-state index in [1.807, 2.05) is 23.1 Å². The number of ketones is 1. The molecule has 1 aromatic carbocycles. The van der Waals surface area contributed by atoms with Crippen LogP contribution < -0.4 is 9.47 Å². The molecule has 4 fully saturated rings.